The van der Waals surface area contributed by atoms with Crippen LogP contribution < -0.4 is 5.32 Å². The maximum absolute atomic E-state index is 5.44. The monoisotopic (exact) mass is 230 g/mol. The van der Waals surface area contributed by atoms with E-state index in [2.05, 4.69) is 24.2 Å². The number of hydrogen-bond acceptors (Lipinski definition) is 3. The third-order valence-corrected chi connectivity index (χ3v) is 3.80. The van der Waals surface area contributed by atoms with Gasteiger partial charge in [0.15, 0.2) is 5.17 Å². The van der Waals surface area contributed by atoms with Crippen LogP contribution in [0.1, 0.15) is 34.1 Å². The second-order valence-corrected chi connectivity index (χ2v) is 5.40. The lowest BCUT2D eigenvalue weighted by Crippen LogP contribution is -2.39. The SMILES string of the molecule is CCC1(C)CSC(=NCCOC(C)C)N1. The average molecular weight is 230 g/mol. The minimum atomic E-state index is 0.238. The lowest BCUT2D eigenvalue weighted by Gasteiger charge is -2.20. The second kappa shape index (κ2) is 5.75. The van der Waals surface area contributed by atoms with E-state index in [1.165, 1.54) is 0 Å². The van der Waals surface area contributed by atoms with Crippen molar-refractivity contribution in [1.29, 1.82) is 0 Å². The molecule has 1 rings (SSSR count). The van der Waals surface area contributed by atoms with Gasteiger partial charge in [0.25, 0.3) is 0 Å². The molecule has 0 aromatic rings. The zero-order valence-electron chi connectivity index (χ0n) is 10.2. The molecule has 1 unspecified atom stereocenters. The maximum Gasteiger partial charge on any atom is 0.157 e. The van der Waals surface area contributed by atoms with Gasteiger partial charge in [-0.05, 0) is 27.2 Å². The number of nitrogens with one attached hydrogen (secondary N) is 1. The van der Waals surface area contributed by atoms with Crippen molar-refractivity contribution in [2.24, 2.45) is 4.99 Å². The van der Waals surface area contributed by atoms with E-state index in [1.54, 1.807) is 0 Å². The van der Waals surface area contributed by atoms with E-state index < -0.39 is 0 Å². The fourth-order valence-corrected chi connectivity index (χ4v) is 2.50. The molecule has 0 aromatic heterocycles. The molecule has 1 fully saturated rings. The molecular formula is C11H22N2OS. The lowest BCUT2D eigenvalue weighted by atomic mass is 10.0. The predicted octanol–water partition coefficient (Wildman–Crippen LogP) is 2.27. The van der Waals surface area contributed by atoms with Crippen molar-refractivity contribution in [1.82, 2.24) is 5.32 Å². The molecule has 88 valence electrons. The molecular weight excluding hydrogens is 208 g/mol. The van der Waals surface area contributed by atoms with Gasteiger partial charge in [-0.1, -0.05) is 18.7 Å². The van der Waals surface area contributed by atoms with Crippen molar-refractivity contribution < 1.29 is 4.74 Å². The summed E-state index contributed by atoms with van der Waals surface area (Å²) in [5.74, 6) is 1.12. The van der Waals surface area contributed by atoms with Gasteiger partial charge in [-0.3, -0.25) is 4.99 Å². The summed E-state index contributed by atoms with van der Waals surface area (Å²) in [5, 5.41) is 4.54. The number of hydrogen-bond donors (Lipinski definition) is 1. The van der Waals surface area contributed by atoms with Crippen molar-refractivity contribution in [3.8, 4) is 0 Å². The van der Waals surface area contributed by atoms with Crippen molar-refractivity contribution in [2.75, 3.05) is 18.9 Å². The summed E-state index contributed by atoms with van der Waals surface area (Å²) in [6.45, 7) is 10.0. The van der Waals surface area contributed by atoms with Crippen molar-refractivity contribution >= 4 is 16.9 Å². The van der Waals surface area contributed by atoms with E-state index in [-0.39, 0.29) is 5.54 Å². The summed E-state index contributed by atoms with van der Waals surface area (Å²) in [6.07, 6.45) is 1.44. The van der Waals surface area contributed by atoms with Crippen LogP contribution in [0.3, 0.4) is 0 Å². The molecule has 0 radical (unpaired) electrons. The van der Waals surface area contributed by atoms with E-state index >= 15 is 0 Å². The van der Waals surface area contributed by atoms with Gasteiger partial charge in [0, 0.05) is 11.3 Å². The van der Waals surface area contributed by atoms with Crippen molar-refractivity contribution in [3.63, 3.8) is 0 Å². The van der Waals surface area contributed by atoms with E-state index in [4.69, 9.17) is 4.74 Å². The Balaban J connectivity index is 2.25. The Morgan fingerprint density at radius 3 is 2.87 bits per heavy atom. The van der Waals surface area contributed by atoms with Crippen LogP contribution in [0, 0.1) is 0 Å². The van der Waals surface area contributed by atoms with Gasteiger partial charge in [-0.25, -0.2) is 0 Å². The molecule has 1 atom stereocenters. The quantitative estimate of drug-likeness (QED) is 0.736. The Morgan fingerprint density at radius 2 is 2.33 bits per heavy atom. The molecule has 0 aliphatic carbocycles. The standard InChI is InChI=1S/C11H22N2OS/c1-5-11(4)8-15-10(13-11)12-6-7-14-9(2)3/h9H,5-8H2,1-4H3,(H,12,13). The van der Waals surface area contributed by atoms with E-state index in [0.717, 1.165) is 23.9 Å². The third-order valence-electron chi connectivity index (χ3n) is 2.51. The molecule has 1 saturated heterocycles. The van der Waals surface area contributed by atoms with Crippen molar-refractivity contribution in [2.45, 2.75) is 45.8 Å². The summed E-state index contributed by atoms with van der Waals surface area (Å²) in [6, 6.07) is 0. The molecule has 0 aromatic carbocycles. The second-order valence-electron chi connectivity index (χ2n) is 4.43. The fraction of sp³-hybridized carbons (Fsp3) is 0.909. The van der Waals surface area contributed by atoms with Gasteiger partial charge < -0.3 is 10.1 Å². The maximum atomic E-state index is 5.44. The highest BCUT2D eigenvalue weighted by Gasteiger charge is 2.30. The smallest absolute Gasteiger partial charge is 0.157 e. The number of thioether (sulfide) groups is 1. The molecule has 15 heavy (non-hydrogen) atoms. The van der Waals surface area contributed by atoms with Crippen LogP contribution >= 0.6 is 11.8 Å². The number of amidine groups is 1. The fourth-order valence-electron chi connectivity index (χ4n) is 1.27. The van der Waals surface area contributed by atoms with E-state index in [0.29, 0.717) is 12.7 Å². The molecule has 1 aliphatic rings. The van der Waals surface area contributed by atoms with Gasteiger partial charge in [0.1, 0.15) is 0 Å². The van der Waals surface area contributed by atoms with Crippen LogP contribution in [-0.2, 0) is 4.74 Å². The Kier molecular flexibility index (Phi) is 4.93. The van der Waals surface area contributed by atoms with Crippen LogP contribution in [0.2, 0.25) is 0 Å². The highest BCUT2D eigenvalue weighted by molar-refractivity contribution is 8.14. The Labute approximate surface area is 97.1 Å². The zero-order chi connectivity index (χ0) is 11.3. The zero-order valence-corrected chi connectivity index (χ0v) is 11.0. The minimum Gasteiger partial charge on any atom is -0.377 e. The highest BCUT2D eigenvalue weighted by Crippen LogP contribution is 2.25. The molecule has 3 nitrogen and oxygen atoms in total. The Bertz CT molecular complexity index is 231. The molecule has 4 heteroatoms. The summed E-state index contributed by atoms with van der Waals surface area (Å²) in [7, 11) is 0. The topological polar surface area (TPSA) is 33.6 Å². The molecule has 0 saturated carbocycles. The van der Waals surface area contributed by atoms with Crippen LogP contribution in [-0.4, -0.2) is 35.7 Å². The summed E-state index contributed by atoms with van der Waals surface area (Å²) < 4.78 is 5.44. The molecule has 1 N–H and O–H groups in total. The van der Waals surface area contributed by atoms with Crippen LogP contribution in [0.15, 0.2) is 4.99 Å². The van der Waals surface area contributed by atoms with Gasteiger partial charge in [0.05, 0.1) is 19.3 Å². The number of rotatable bonds is 5. The third kappa shape index (κ3) is 4.43. The normalized spacial score (nSPS) is 28.7. The van der Waals surface area contributed by atoms with Crippen LogP contribution in [0.5, 0.6) is 0 Å². The Morgan fingerprint density at radius 1 is 1.60 bits per heavy atom. The highest BCUT2D eigenvalue weighted by atomic mass is 32.2. The first-order valence-corrected chi connectivity index (χ1v) is 6.61. The first kappa shape index (κ1) is 12.8. The number of nitrogens with zero attached hydrogens (tertiary/aromatic N) is 1. The van der Waals surface area contributed by atoms with Crippen molar-refractivity contribution in [3.05, 3.63) is 0 Å². The predicted molar refractivity (Wildman–Crippen MR) is 67.7 cm³/mol. The van der Waals surface area contributed by atoms with Gasteiger partial charge in [0.2, 0.25) is 0 Å². The van der Waals surface area contributed by atoms with E-state index in [1.807, 2.05) is 25.6 Å². The summed E-state index contributed by atoms with van der Waals surface area (Å²) >= 11 is 1.82. The average Bonchev–Trinajstić information content (AvgIpc) is 2.56. The van der Waals surface area contributed by atoms with Gasteiger partial charge >= 0.3 is 0 Å². The largest absolute Gasteiger partial charge is 0.377 e. The van der Waals surface area contributed by atoms with E-state index in [9.17, 15) is 0 Å². The number of aliphatic imine (C=N–C) groups is 1. The van der Waals surface area contributed by atoms with Crippen LogP contribution in [0.25, 0.3) is 0 Å². The molecule has 0 amide bonds. The molecule has 0 bridgehead atoms. The Hall–Kier alpha value is -0.220. The van der Waals surface area contributed by atoms with Gasteiger partial charge in [-0.2, -0.15) is 0 Å². The first-order valence-electron chi connectivity index (χ1n) is 5.63. The summed E-state index contributed by atoms with van der Waals surface area (Å²) in [5.41, 5.74) is 0.238. The molecule has 1 heterocycles. The number of ether oxygens (including phenoxy) is 1. The molecule has 1 aliphatic heterocycles. The molecule has 0 spiro atoms. The lowest BCUT2D eigenvalue weighted by molar-refractivity contribution is 0.0853. The van der Waals surface area contributed by atoms with Gasteiger partial charge in [-0.15, -0.1) is 0 Å². The summed E-state index contributed by atoms with van der Waals surface area (Å²) in [4.78, 5) is 4.48. The van der Waals surface area contributed by atoms with Crippen LogP contribution in [0.4, 0.5) is 0 Å². The first-order chi connectivity index (χ1) is 7.06. The minimum absolute atomic E-state index is 0.238.